The smallest absolute Gasteiger partial charge is 0.299 e. The largest absolute Gasteiger partial charge is 0.364 e. The fourth-order valence-corrected chi connectivity index (χ4v) is 1.16. The molecule has 0 saturated carbocycles. The quantitative estimate of drug-likeness (QED) is 0.503. The Balaban J connectivity index is 2.72. The molecular weight excluding hydrogens is 202 g/mol. The fraction of sp³-hybridized carbons (Fsp3) is 0.222. The lowest BCUT2D eigenvalue weighted by Gasteiger charge is -2.16. The molecular formula is C9H11NO5. The number of hydrogen-bond acceptors (Lipinski definition) is 6. The van der Waals surface area contributed by atoms with Crippen LogP contribution in [-0.2, 0) is 16.1 Å². The predicted octanol–water partition coefficient (Wildman–Crippen LogP) is 0.694. The van der Waals surface area contributed by atoms with Gasteiger partial charge in [-0.3, -0.25) is 15.3 Å². The Labute approximate surface area is 85.8 Å². The Morgan fingerprint density at radius 3 is 2.40 bits per heavy atom. The lowest BCUT2D eigenvalue weighted by Crippen LogP contribution is -2.39. The van der Waals surface area contributed by atoms with Gasteiger partial charge in [-0.15, -0.1) is 0 Å². The molecule has 15 heavy (non-hydrogen) atoms. The van der Waals surface area contributed by atoms with Crippen molar-refractivity contribution in [1.29, 1.82) is 0 Å². The summed E-state index contributed by atoms with van der Waals surface area (Å²) in [6, 6.07) is 7.35. The maximum atomic E-state index is 10.9. The van der Waals surface area contributed by atoms with E-state index in [2.05, 4.69) is 4.89 Å². The molecule has 0 aromatic heterocycles. The van der Waals surface area contributed by atoms with Gasteiger partial charge in [0.25, 0.3) is 0 Å². The molecule has 6 nitrogen and oxygen atoms in total. The summed E-state index contributed by atoms with van der Waals surface area (Å²) in [4.78, 5) is 14.4. The second kappa shape index (κ2) is 5.42. The standard InChI is InChI=1S/C9H11NO5/c11-9(15-14)8(10(12)13)6-7-4-2-1-3-5-7/h1-5,8,12-14H,6H2/t8-/m0/s1. The molecule has 0 radical (unpaired) electrons. The highest BCUT2D eigenvalue weighted by Gasteiger charge is 2.26. The number of nitrogens with zero attached hydrogens (tertiary/aromatic N) is 1. The van der Waals surface area contributed by atoms with E-state index in [1.165, 1.54) is 0 Å². The molecule has 1 aromatic rings. The van der Waals surface area contributed by atoms with Gasteiger partial charge < -0.3 is 0 Å². The van der Waals surface area contributed by atoms with E-state index in [1.54, 1.807) is 30.3 Å². The number of benzene rings is 1. The lowest BCUT2D eigenvalue weighted by atomic mass is 10.1. The van der Waals surface area contributed by atoms with E-state index in [0.717, 1.165) is 0 Å². The Hall–Kier alpha value is -1.47. The summed E-state index contributed by atoms with van der Waals surface area (Å²) in [5, 5.41) is 25.4. The van der Waals surface area contributed by atoms with E-state index in [9.17, 15) is 4.79 Å². The van der Waals surface area contributed by atoms with Crippen molar-refractivity contribution in [3.63, 3.8) is 0 Å². The van der Waals surface area contributed by atoms with Gasteiger partial charge in [-0.2, -0.15) is 5.26 Å². The molecule has 1 rings (SSSR count). The van der Waals surface area contributed by atoms with Gasteiger partial charge in [0, 0.05) is 6.42 Å². The van der Waals surface area contributed by atoms with Crippen LogP contribution in [0.3, 0.4) is 0 Å². The van der Waals surface area contributed by atoms with Crippen molar-refractivity contribution in [1.82, 2.24) is 5.23 Å². The lowest BCUT2D eigenvalue weighted by molar-refractivity contribution is -0.337. The third-order valence-corrected chi connectivity index (χ3v) is 1.91. The second-order valence-electron chi connectivity index (χ2n) is 2.94. The van der Waals surface area contributed by atoms with Crippen LogP contribution in [0.15, 0.2) is 30.3 Å². The van der Waals surface area contributed by atoms with Gasteiger partial charge in [0.2, 0.25) is 0 Å². The average Bonchev–Trinajstić information content (AvgIpc) is 2.26. The minimum atomic E-state index is -1.35. The monoisotopic (exact) mass is 213 g/mol. The summed E-state index contributed by atoms with van der Waals surface area (Å²) in [5.74, 6) is -1.14. The summed E-state index contributed by atoms with van der Waals surface area (Å²) in [7, 11) is 0. The van der Waals surface area contributed by atoms with Crippen molar-refractivity contribution in [3.8, 4) is 0 Å². The molecule has 0 spiro atoms. The summed E-state index contributed by atoms with van der Waals surface area (Å²) >= 11 is 0. The van der Waals surface area contributed by atoms with Gasteiger partial charge >= 0.3 is 5.97 Å². The first-order valence-corrected chi connectivity index (χ1v) is 4.21. The highest BCUT2D eigenvalue weighted by atomic mass is 17.1. The van der Waals surface area contributed by atoms with Crippen molar-refractivity contribution < 1.29 is 25.4 Å². The maximum absolute atomic E-state index is 10.9. The zero-order valence-corrected chi connectivity index (χ0v) is 7.78. The van der Waals surface area contributed by atoms with Crippen LogP contribution in [0.1, 0.15) is 5.56 Å². The van der Waals surface area contributed by atoms with Crippen molar-refractivity contribution in [2.24, 2.45) is 0 Å². The van der Waals surface area contributed by atoms with Crippen LogP contribution in [0.2, 0.25) is 0 Å². The van der Waals surface area contributed by atoms with E-state index in [0.29, 0.717) is 5.56 Å². The summed E-state index contributed by atoms with van der Waals surface area (Å²) in [6.07, 6.45) is 0.0211. The summed E-state index contributed by atoms with van der Waals surface area (Å²) in [5.41, 5.74) is 0.709. The van der Waals surface area contributed by atoms with E-state index in [-0.39, 0.29) is 11.6 Å². The third-order valence-electron chi connectivity index (χ3n) is 1.91. The molecule has 0 saturated heterocycles. The van der Waals surface area contributed by atoms with Gasteiger partial charge in [-0.25, -0.2) is 4.79 Å². The molecule has 6 heteroatoms. The number of hydrogen-bond donors (Lipinski definition) is 3. The molecule has 1 aromatic carbocycles. The Bertz CT molecular complexity index is 314. The number of carbonyl (C=O) groups excluding carboxylic acids is 1. The van der Waals surface area contributed by atoms with Gasteiger partial charge in [0.1, 0.15) is 0 Å². The summed E-state index contributed by atoms with van der Waals surface area (Å²) < 4.78 is 0. The Kier molecular flexibility index (Phi) is 4.19. The van der Waals surface area contributed by atoms with Gasteiger partial charge in [-0.1, -0.05) is 35.6 Å². The summed E-state index contributed by atoms with van der Waals surface area (Å²) in [6.45, 7) is 0. The molecule has 0 aliphatic rings. The van der Waals surface area contributed by atoms with Gasteiger partial charge in [0.05, 0.1) is 0 Å². The van der Waals surface area contributed by atoms with Crippen LogP contribution in [0.25, 0.3) is 0 Å². The minimum Gasteiger partial charge on any atom is -0.299 e. The SMILES string of the molecule is O=C(OO)[C@H](Cc1ccccc1)N(O)O. The van der Waals surface area contributed by atoms with Gasteiger partial charge in [-0.05, 0) is 5.56 Å². The van der Waals surface area contributed by atoms with Crippen LogP contribution in [0, 0.1) is 0 Å². The van der Waals surface area contributed by atoms with Crippen molar-refractivity contribution in [3.05, 3.63) is 35.9 Å². The second-order valence-corrected chi connectivity index (χ2v) is 2.94. The molecule has 0 fully saturated rings. The molecule has 0 aliphatic carbocycles. The highest BCUT2D eigenvalue weighted by molar-refractivity contribution is 5.75. The Morgan fingerprint density at radius 1 is 1.33 bits per heavy atom. The molecule has 82 valence electrons. The molecule has 0 bridgehead atoms. The first kappa shape index (κ1) is 11.6. The number of carbonyl (C=O) groups is 1. The first-order valence-electron chi connectivity index (χ1n) is 4.21. The zero-order chi connectivity index (χ0) is 11.3. The first-order chi connectivity index (χ1) is 7.15. The maximum Gasteiger partial charge on any atom is 0.364 e. The van der Waals surface area contributed by atoms with Crippen molar-refractivity contribution in [2.45, 2.75) is 12.5 Å². The third kappa shape index (κ3) is 3.30. The molecule has 1 atom stereocenters. The van der Waals surface area contributed by atoms with Crippen LogP contribution in [-0.4, -0.2) is 32.9 Å². The minimum absolute atomic E-state index is 0.0211. The zero-order valence-electron chi connectivity index (χ0n) is 7.78. The van der Waals surface area contributed by atoms with Crippen LogP contribution in [0.4, 0.5) is 0 Å². The Morgan fingerprint density at radius 2 is 1.93 bits per heavy atom. The van der Waals surface area contributed by atoms with Crippen LogP contribution < -0.4 is 0 Å². The van der Waals surface area contributed by atoms with Crippen LogP contribution in [0.5, 0.6) is 0 Å². The van der Waals surface area contributed by atoms with Gasteiger partial charge in [0.15, 0.2) is 6.04 Å². The van der Waals surface area contributed by atoms with Crippen molar-refractivity contribution >= 4 is 5.97 Å². The number of hydroxylamine groups is 2. The molecule has 0 aliphatic heterocycles. The fourth-order valence-electron chi connectivity index (χ4n) is 1.16. The molecule has 0 unspecified atom stereocenters. The highest BCUT2D eigenvalue weighted by Crippen LogP contribution is 2.07. The predicted molar refractivity (Wildman–Crippen MR) is 48.1 cm³/mol. The average molecular weight is 213 g/mol. The molecule has 0 heterocycles. The van der Waals surface area contributed by atoms with Crippen LogP contribution >= 0.6 is 0 Å². The van der Waals surface area contributed by atoms with Crippen molar-refractivity contribution in [2.75, 3.05) is 0 Å². The van der Waals surface area contributed by atoms with E-state index in [1.807, 2.05) is 0 Å². The molecule has 3 N–H and O–H groups in total. The number of rotatable bonds is 4. The molecule has 0 amide bonds. The van der Waals surface area contributed by atoms with E-state index in [4.69, 9.17) is 15.7 Å². The normalized spacial score (nSPS) is 12.5. The topological polar surface area (TPSA) is 90.2 Å². The van der Waals surface area contributed by atoms with E-state index < -0.39 is 12.0 Å². The van der Waals surface area contributed by atoms with E-state index >= 15 is 0 Å².